The number of hydrogen-bond donors (Lipinski definition) is 8. The molecular formula is C36H84N8. The Hall–Kier alpha value is -0.320. The minimum atomic E-state index is 0.723. The quantitative estimate of drug-likeness (QED) is 0.0435. The van der Waals surface area contributed by atoms with E-state index < -0.39 is 0 Å². The molecule has 0 saturated heterocycles. The Labute approximate surface area is 276 Å². The average molecular weight is 629 g/mol. The zero-order chi connectivity index (χ0) is 32.3. The smallest absolute Gasteiger partial charge is 0.00772 e. The molecule has 0 aromatic carbocycles. The molecule has 0 spiro atoms. The zero-order valence-electron chi connectivity index (χ0n) is 30.2. The summed E-state index contributed by atoms with van der Waals surface area (Å²) < 4.78 is 0. The lowest BCUT2D eigenvalue weighted by molar-refractivity contribution is 0.536. The van der Waals surface area contributed by atoms with Gasteiger partial charge in [0.15, 0.2) is 0 Å². The molecule has 0 saturated carbocycles. The van der Waals surface area contributed by atoms with E-state index in [1.807, 2.05) is 0 Å². The highest BCUT2D eigenvalue weighted by molar-refractivity contribution is 4.57. The van der Waals surface area contributed by atoms with E-state index in [0.717, 1.165) is 78.5 Å². The van der Waals surface area contributed by atoms with Crippen LogP contribution in [0.25, 0.3) is 0 Å². The first-order chi connectivity index (χ1) is 21.8. The highest BCUT2D eigenvalue weighted by Crippen LogP contribution is 2.11. The van der Waals surface area contributed by atoms with Gasteiger partial charge in [-0.05, 0) is 25.9 Å². The Balaban J connectivity index is 0. The van der Waals surface area contributed by atoms with E-state index in [-0.39, 0.29) is 0 Å². The second kappa shape index (κ2) is 47.1. The summed E-state index contributed by atoms with van der Waals surface area (Å²) in [7, 11) is 0. The number of unbranched alkanes of at least 4 members (excludes halogenated alkanes) is 18. The average Bonchev–Trinajstić information content (AvgIpc) is 3.04. The molecule has 0 atom stereocenters. The van der Waals surface area contributed by atoms with E-state index in [4.69, 9.17) is 11.5 Å². The van der Waals surface area contributed by atoms with Crippen molar-refractivity contribution in [2.45, 2.75) is 142 Å². The fourth-order valence-electron chi connectivity index (χ4n) is 5.14. The van der Waals surface area contributed by atoms with Crippen LogP contribution in [0.2, 0.25) is 0 Å². The van der Waals surface area contributed by atoms with Crippen LogP contribution in [0.5, 0.6) is 0 Å². The lowest BCUT2D eigenvalue weighted by Gasteiger charge is -2.07. The maximum absolute atomic E-state index is 5.41. The Morgan fingerprint density at radius 3 is 0.705 bits per heavy atom. The summed E-state index contributed by atoms with van der Waals surface area (Å²) >= 11 is 0. The lowest BCUT2D eigenvalue weighted by Crippen LogP contribution is -2.34. The Bertz CT molecular complexity index is 376. The summed E-state index contributed by atoms with van der Waals surface area (Å²) in [5.74, 6) is 0. The molecule has 0 aromatic heterocycles. The molecule has 0 rings (SSSR count). The number of nitrogens with two attached hydrogens (primary N) is 2. The van der Waals surface area contributed by atoms with Crippen LogP contribution in [-0.4, -0.2) is 91.6 Å². The maximum atomic E-state index is 5.41. The van der Waals surface area contributed by atoms with Crippen molar-refractivity contribution in [2.24, 2.45) is 11.5 Å². The van der Waals surface area contributed by atoms with Crippen LogP contribution < -0.4 is 43.4 Å². The summed E-state index contributed by atoms with van der Waals surface area (Å²) in [5.41, 5.74) is 10.8. The summed E-state index contributed by atoms with van der Waals surface area (Å²) in [6.45, 7) is 18.5. The van der Waals surface area contributed by atoms with Gasteiger partial charge in [-0.2, -0.15) is 0 Å². The normalized spacial score (nSPS) is 11.2. The first-order valence-corrected chi connectivity index (χ1v) is 19.5. The monoisotopic (exact) mass is 629 g/mol. The molecule has 0 fully saturated rings. The molecule has 0 amide bonds. The van der Waals surface area contributed by atoms with Gasteiger partial charge in [0.25, 0.3) is 0 Å². The van der Waals surface area contributed by atoms with Gasteiger partial charge in [-0.1, -0.05) is 129 Å². The second-order valence-corrected chi connectivity index (χ2v) is 12.4. The molecule has 268 valence electrons. The standard InChI is InChI=1S/2C18H42N4/c2*1-2-3-4-5-6-7-8-9-10-11-13-20-15-17-22-18-16-21-14-12-19/h2*20-22H,2-19H2,1H3. The van der Waals surface area contributed by atoms with Gasteiger partial charge in [0.1, 0.15) is 0 Å². The van der Waals surface area contributed by atoms with E-state index in [9.17, 15) is 0 Å². The summed E-state index contributed by atoms with van der Waals surface area (Å²) in [4.78, 5) is 0. The van der Waals surface area contributed by atoms with Gasteiger partial charge in [0.05, 0.1) is 0 Å². The van der Waals surface area contributed by atoms with Crippen molar-refractivity contribution < 1.29 is 0 Å². The molecule has 0 unspecified atom stereocenters. The van der Waals surface area contributed by atoms with Gasteiger partial charge in [-0.15, -0.1) is 0 Å². The molecule has 0 bridgehead atoms. The molecule has 0 aliphatic heterocycles. The van der Waals surface area contributed by atoms with Crippen molar-refractivity contribution in [3.05, 3.63) is 0 Å². The first-order valence-electron chi connectivity index (χ1n) is 19.5. The minimum absolute atomic E-state index is 0.723. The van der Waals surface area contributed by atoms with Crippen molar-refractivity contribution in [2.75, 3.05) is 91.6 Å². The molecule has 8 nitrogen and oxygen atoms in total. The van der Waals surface area contributed by atoms with Crippen LogP contribution in [0.15, 0.2) is 0 Å². The van der Waals surface area contributed by atoms with Crippen molar-refractivity contribution >= 4 is 0 Å². The highest BCUT2D eigenvalue weighted by Gasteiger charge is 1.95. The third kappa shape index (κ3) is 48.6. The Morgan fingerprint density at radius 1 is 0.250 bits per heavy atom. The fraction of sp³-hybridized carbons (Fsp3) is 1.00. The van der Waals surface area contributed by atoms with Crippen LogP contribution in [0.3, 0.4) is 0 Å². The second-order valence-electron chi connectivity index (χ2n) is 12.4. The molecule has 0 heterocycles. The highest BCUT2D eigenvalue weighted by atomic mass is 15.0. The van der Waals surface area contributed by atoms with Crippen molar-refractivity contribution in [1.82, 2.24) is 31.9 Å². The summed E-state index contributed by atoms with van der Waals surface area (Å²) in [6, 6.07) is 0. The van der Waals surface area contributed by atoms with Gasteiger partial charge in [0.2, 0.25) is 0 Å². The molecule has 0 radical (unpaired) electrons. The van der Waals surface area contributed by atoms with E-state index >= 15 is 0 Å². The molecular weight excluding hydrogens is 544 g/mol. The SMILES string of the molecule is CCCCCCCCCCCCNCCNCCNCCN.CCCCCCCCCCCCNCCNCCNCCN. The lowest BCUT2D eigenvalue weighted by atomic mass is 10.1. The Kier molecular flexibility index (Phi) is 49.0. The molecule has 0 aliphatic rings. The van der Waals surface area contributed by atoms with Gasteiger partial charge >= 0.3 is 0 Å². The van der Waals surface area contributed by atoms with Crippen LogP contribution in [0, 0.1) is 0 Å². The predicted molar refractivity (Wildman–Crippen MR) is 199 cm³/mol. The van der Waals surface area contributed by atoms with Gasteiger partial charge < -0.3 is 43.4 Å². The van der Waals surface area contributed by atoms with E-state index in [0.29, 0.717) is 0 Å². The number of hydrogen-bond acceptors (Lipinski definition) is 8. The predicted octanol–water partition coefficient (Wildman–Crippen LogP) is 5.27. The van der Waals surface area contributed by atoms with E-state index in [1.54, 1.807) is 0 Å². The van der Waals surface area contributed by atoms with Gasteiger partial charge in [0, 0.05) is 78.5 Å². The van der Waals surface area contributed by atoms with Crippen LogP contribution in [-0.2, 0) is 0 Å². The van der Waals surface area contributed by atoms with Crippen molar-refractivity contribution in [3.63, 3.8) is 0 Å². The minimum Gasteiger partial charge on any atom is -0.329 e. The number of nitrogens with one attached hydrogen (secondary N) is 6. The van der Waals surface area contributed by atoms with Crippen molar-refractivity contribution in [1.29, 1.82) is 0 Å². The van der Waals surface area contributed by atoms with Gasteiger partial charge in [-0.25, -0.2) is 0 Å². The third-order valence-corrected chi connectivity index (χ3v) is 7.97. The molecule has 8 heteroatoms. The largest absolute Gasteiger partial charge is 0.329 e. The molecule has 10 N–H and O–H groups in total. The Morgan fingerprint density at radius 2 is 0.455 bits per heavy atom. The fourth-order valence-corrected chi connectivity index (χ4v) is 5.14. The maximum Gasteiger partial charge on any atom is 0.00772 e. The van der Waals surface area contributed by atoms with Crippen LogP contribution in [0.1, 0.15) is 142 Å². The van der Waals surface area contributed by atoms with E-state index in [2.05, 4.69) is 45.7 Å². The first kappa shape index (κ1) is 45.8. The molecule has 44 heavy (non-hydrogen) atoms. The summed E-state index contributed by atoms with van der Waals surface area (Å²) in [5, 5.41) is 20.4. The van der Waals surface area contributed by atoms with Crippen LogP contribution >= 0.6 is 0 Å². The third-order valence-electron chi connectivity index (χ3n) is 7.97. The molecule has 0 aromatic rings. The van der Waals surface area contributed by atoms with Crippen LogP contribution in [0.4, 0.5) is 0 Å². The topological polar surface area (TPSA) is 124 Å². The zero-order valence-corrected chi connectivity index (χ0v) is 30.2. The molecule has 0 aliphatic carbocycles. The number of rotatable bonds is 38. The van der Waals surface area contributed by atoms with E-state index in [1.165, 1.54) is 142 Å². The van der Waals surface area contributed by atoms with Crippen molar-refractivity contribution in [3.8, 4) is 0 Å². The summed E-state index contributed by atoms with van der Waals surface area (Å²) in [6.07, 6.45) is 28.2. The van der Waals surface area contributed by atoms with Gasteiger partial charge in [-0.3, -0.25) is 0 Å².